The maximum Gasteiger partial charge on any atom is 0.291 e. The first-order valence-corrected chi connectivity index (χ1v) is 12.8. The lowest BCUT2D eigenvalue weighted by atomic mass is 10.1. The molecule has 0 radical (unpaired) electrons. The van der Waals surface area contributed by atoms with E-state index in [1.165, 1.54) is 18.5 Å². The van der Waals surface area contributed by atoms with E-state index in [4.69, 9.17) is 22.8 Å². The van der Waals surface area contributed by atoms with Gasteiger partial charge in [0, 0.05) is 23.7 Å². The Morgan fingerprint density at radius 3 is 2.69 bits per heavy atom. The number of amides is 1. The van der Waals surface area contributed by atoms with Crippen molar-refractivity contribution in [3.8, 4) is 18.1 Å². The number of terminal acetylenes is 1. The van der Waals surface area contributed by atoms with Gasteiger partial charge in [0.05, 0.1) is 18.0 Å². The number of benzene rings is 2. The van der Waals surface area contributed by atoms with E-state index in [-0.39, 0.29) is 29.7 Å². The number of nitrogens with one attached hydrogen (secondary N) is 2. The first kappa shape index (κ1) is 26.2. The van der Waals surface area contributed by atoms with E-state index in [1.54, 1.807) is 35.2 Å². The van der Waals surface area contributed by atoms with Crippen LogP contribution < -0.4 is 9.46 Å². The zero-order valence-electron chi connectivity index (χ0n) is 19.2. The van der Waals surface area contributed by atoms with E-state index < -0.39 is 10.0 Å². The van der Waals surface area contributed by atoms with Crippen LogP contribution in [-0.4, -0.2) is 54.1 Å². The SMILES string of the molecule is C#CCNS(=O)(=O)c1ccc(CCN(Cc2cc(Cl)ccc2OCCC)C(=O)c2ncn[nH]2)cc1. The van der Waals surface area contributed by atoms with Crippen LogP contribution in [0.15, 0.2) is 53.7 Å². The van der Waals surface area contributed by atoms with Gasteiger partial charge in [-0.2, -0.15) is 9.82 Å². The summed E-state index contributed by atoms with van der Waals surface area (Å²) in [4.78, 5) is 18.9. The molecule has 3 aromatic rings. The highest BCUT2D eigenvalue weighted by atomic mass is 35.5. The van der Waals surface area contributed by atoms with E-state index in [0.717, 1.165) is 17.5 Å². The highest BCUT2D eigenvalue weighted by Gasteiger charge is 2.21. The number of nitrogens with zero attached hydrogens (tertiary/aromatic N) is 3. The summed E-state index contributed by atoms with van der Waals surface area (Å²) >= 11 is 6.22. The van der Waals surface area contributed by atoms with Gasteiger partial charge in [-0.25, -0.2) is 13.4 Å². The minimum absolute atomic E-state index is 0.0870. The third kappa shape index (κ3) is 7.29. The molecule has 0 saturated carbocycles. The summed E-state index contributed by atoms with van der Waals surface area (Å²) in [7, 11) is -3.67. The van der Waals surface area contributed by atoms with Crippen molar-refractivity contribution in [3.63, 3.8) is 0 Å². The van der Waals surface area contributed by atoms with Crippen LogP contribution >= 0.6 is 11.6 Å². The molecule has 184 valence electrons. The Balaban J connectivity index is 1.79. The fourth-order valence-electron chi connectivity index (χ4n) is 3.26. The second kappa shape index (κ2) is 12.4. The van der Waals surface area contributed by atoms with Crippen molar-refractivity contribution in [2.75, 3.05) is 19.7 Å². The molecule has 1 heterocycles. The van der Waals surface area contributed by atoms with Gasteiger partial charge in [0.2, 0.25) is 15.8 Å². The van der Waals surface area contributed by atoms with Crippen LogP contribution in [0.5, 0.6) is 5.75 Å². The lowest BCUT2D eigenvalue weighted by Gasteiger charge is -2.23. The quantitative estimate of drug-likeness (QED) is 0.358. The van der Waals surface area contributed by atoms with Gasteiger partial charge in [-0.1, -0.05) is 36.6 Å². The van der Waals surface area contributed by atoms with E-state index >= 15 is 0 Å². The summed E-state index contributed by atoms with van der Waals surface area (Å²) in [6.07, 6.45) is 7.71. The number of rotatable bonds is 12. The topological polar surface area (TPSA) is 117 Å². The molecule has 1 amide bonds. The third-order valence-electron chi connectivity index (χ3n) is 5.02. The van der Waals surface area contributed by atoms with Gasteiger partial charge in [-0.3, -0.25) is 9.89 Å². The van der Waals surface area contributed by atoms with E-state index in [9.17, 15) is 13.2 Å². The number of aromatic amines is 1. The largest absolute Gasteiger partial charge is 0.493 e. The number of hydrogen-bond donors (Lipinski definition) is 2. The Hall–Kier alpha value is -3.39. The molecule has 0 aliphatic rings. The highest BCUT2D eigenvalue weighted by Crippen LogP contribution is 2.25. The number of halogens is 1. The number of sulfonamides is 1. The Labute approximate surface area is 209 Å². The molecule has 1 aromatic heterocycles. The van der Waals surface area contributed by atoms with E-state index in [0.29, 0.717) is 30.3 Å². The van der Waals surface area contributed by atoms with Gasteiger partial charge in [-0.15, -0.1) is 6.42 Å². The summed E-state index contributed by atoms with van der Waals surface area (Å²) in [5, 5.41) is 6.91. The van der Waals surface area contributed by atoms with Crippen LogP contribution in [0, 0.1) is 12.3 Å². The zero-order chi connectivity index (χ0) is 25.3. The average Bonchev–Trinajstić information content (AvgIpc) is 3.40. The van der Waals surface area contributed by atoms with Gasteiger partial charge < -0.3 is 9.64 Å². The van der Waals surface area contributed by atoms with Crippen LogP contribution in [0.2, 0.25) is 5.02 Å². The zero-order valence-corrected chi connectivity index (χ0v) is 20.8. The molecular formula is C24H26ClN5O4S. The molecule has 0 atom stereocenters. The Morgan fingerprint density at radius 1 is 1.26 bits per heavy atom. The molecular weight excluding hydrogens is 490 g/mol. The highest BCUT2D eigenvalue weighted by molar-refractivity contribution is 7.89. The number of aromatic nitrogens is 3. The maximum absolute atomic E-state index is 13.1. The number of carbonyl (C=O) groups is 1. The molecule has 0 fully saturated rings. The lowest BCUT2D eigenvalue weighted by Crippen LogP contribution is -2.33. The predicted octanol–water partition coefficient (Wildman–Crippen LogP) is 3.04. The Morgan fingerprint density at radius 2 is 2.03 bits per heavy atom. The standard InChI is InChI=1S/C24H26ClN5O4S/c1-3-12-28-35(32,33)21-8-5-18(6-9-21)11-13-30(24(31)23-26-17-27-29-23)16-19-15-20(25)7-10-22(19)34-14-4-2/h1,5-10,15,17,28H,4,11-14,16H2,2H3,(H,26,27,29). The van der Waals surface area contributed by atoms with Crippen LogP contribution in [0.1, 0.15) is 35.1 Å². The van der Waals surface area contributed by atoms with Crippen molar-refractivity contribution in [1.29, 1.82) is 0 Å². The predicted molar refractivity (Wildman–Crippen MR) is 133 cm³/mol. The molecule has 35 heavy (non-hydrogen) atoms. The van der Waals surface area contributed by atoms with Crippen molar-refractivity contribution in [2.24, 2.45) is 0 Å². The van der Waals surface area contributed by atoms with Crippen molar-refractivity contribution in [2.45, 2.75) is 31.2 Å². The van der Waals surface area contributed by atoms with E-state index in [2.05, 4.69) is 25.8 Å². The van der Waals surface area contributed by atoms with Crippen molar-refractivity contribution in [3.05, 3.63) is 70.8 Å². The number of H-pyrrole nitrogens is 1. The summed E-state index contributed by atoms with van der Waals surface area (Å²) in [5.74, 6) is 2.68. The van der Waals surface area contributed by atoms with Crippen molar-refractivity contribution >= 4 is 27.5 Å². The summed E-state index contributed by atoms with van der Waals surface area (Å²) in [6, 6.07) is 11.7. The summed E-state index contributed by atoms with van der Waals surface area (Å²) in [5.41, 5.74) is 1.62. The lowest BCUT2D eigenvalue weighted by molar-refractivity contribution is 0.0731. The van der Waals surface area contributed by atoms with Crippen molar-refractivity contribution < 1.29 is 17.9 Å². The Kier molecular flexibility index (Phi) is 9.25. The minimum atomic E-state index is -3.67. The second-order valence-electron chi connectivity index (χ2n) is 7.58. The molecule has 11 heteroatoms. The van der Waals surface area contributed by atoms with Gasteiger partial charge >= 0.3 is 0 Å². The maximum atomic E-state index is 13.1. The number of ether oxygens (including phenoxy) is 1. The van der Waals surface area contributed by atoms with Gasteiger partial charge in [0.1, 0.15) is 12.1 Å². The first-order chi connectivity index (χ1) is 16.8. The fourth-order valence-corrected chi connectivity index (χ4v) is 4.39. The second-order valence-corrected chi connectivity index (χ2v) is 9.79. The number of hydrogen-bond acceptors (Lipinski definition) is 6. The van der Waals surface area contributed by atoms with Crippen LogP contribution in [0.3, 0.4) is 0 Å². The average molecular weight is 516 g/mol. The Bertz CT molecular complexity index is 1270. The monoisotopic (exact) mass is 515 g/mol. The van der Waals surface area contributed by atoms with Crippen LogP contribution in [-0.2, 0) is 23.0 Å². The molecule has 2 aromatic carbocycles. The smallest absolute Gasteiger partial charge is 0.291 e. The van der Waals surface area contributed by atoms with Crippen LogP contribution in [0.4, 0.5) is 0 Å². The minimum Gasteiger partial charge on any atom is -0.493 e. The van der Waals surface area contributed by atoms with E-state index in [1.807, 2.05) is 6.92 Å². The molecule has 0 spiro atoms. The third-order valence-corrected chi connectivity index (χ3v) is 6.67. The molecule has 2 N–H and O–H groups in total. The summed E-state index contributed by atoms with van der Waals surface area (Å²) < 4.78 is 32.6. The van der Waals surface area contributed by atoms with Crippen LogP contribution in [0.25, 0.3) is 0 Å². The summed E-state index contributed by atoms with van der Waals surface area (Å²) in [6.45, 7) is 3.03. The molecule has 0 aliphatic heterocycles. The molecule has 3 rings (SSSR count). The molecule has 0 unspecified atom stereocenters. The van der Waals surface area contributed by atoms with Gasteiger partial charge in [0.15, 0.2) is 0 Å². The number of carbonyl (C=O) groups excluding carboxylic acids is 1. The van der Waals surface area contributed by atoms with Gasteiger partial charge in [0.25, 0.3) is 5.91 Å². The molecule has 0 aliphatic carbocycles. The molecule has 9 nitrogen and oxygen atoms in total. The van der Waals surface area contributed by atoms with Crippen molar-refractivity contribution in [1.82, 2.24) is 24.8 Å². The fraction of sp³-hybridized carbons (Fsp3) is 0.292. The molecule has 0 saturated heterocycles. The normalized spacial score (nSPS) is 11.1. The van der Waals surface area contributed by atoms with Gasteiger partial charge in [-0.05, 0) is 48.7 Å². The molecule has 0 bridgehead atoms. The first-order valence-electron chi connectivity index (χ1n) is 10.9.